The number of sulfonamides is 1. The van der Waals surface area contributed by atoms with Crippen LogP contribution in [0.1, 0.15) is 28.4 Å². The summed E-state index contributed by atoms with van der Waals surface area (Å²) in [7, 11) is -3.11. The number of amides is 1. The fourth-order valence-electron chi connectivity index (χ4n) is 3.29. The zero-order valence-electron chi connectivity index (χ0n) is 16.5. The van der Waals surface area contributed by atoms with E-state index in [0.717, 1.165) is 17.7 Å². The maximum atomic E-state index is 12.4. The van der Waals surface area contributed by atoms with E-state index in [1.165, 1.54) is 0 Å². The third-order valence-electron chi connectivity index (χ3n) is 5.11. The molecule has 0 bridgehead atoms. The summed E-state index contributed by atoms with van der Waals surface area (Å²) in [6.07, 6.45) is 0. The van der Waals surface area contributed by atoms with E-state index in [4.69, 9.17) is 11.6 Å². The van der Waals surface area contributed by atoms with Crippen LogP contribution >= 0.6 is 11.6 Å². The minimum atomic E-state index is -3.11. The molecular formula is C21H26ClN3O3S. The first-order chi connectivity index (χ1) is 13.9. The molecule has 8 heteroatoms. The smallest absolute Gasteiger partial charge is 0.251 e. The normalized spacial score (nSPS) is 15.9. The van der Waals surface area contributed by atoms with Crippen LogP contribution < -0.4 is 5.32 Å². The third-order valence-corrected chi connectivity index (χ3v) is 7.36. The van der Waals surface area contributed by atoms with Crippen LogP contribution in [0.25, 0.3) is 0 Å². The van der Waals surface area contributed by atoms with E-state index in [2.05, 4.69) is 10.2 Å². The molecule has 2 aromatic carbocycles. The Morgan fingerprint density at radius 2 is 1.69 bits per heavy atom. The van der Waals surface area contributed by atoms with Crippen LogP contribution in [0.3, 0.4) is 0 Å². The first-order valence-electron chi connectivity index (χ1n) is 9.70. The quantitative estimate of drug-likeness (QED) is 0.726. The highest BCUT2D eigenvalue weighted by Crippen LogP contribution is 2.15. The lowest BCUT2D eigenvalue weighted by Crippen LogP contribution is -2.48. The summed E-state index contributed by atoms with van der Waals surface area (Å²) in [5.41, 5.74) is 2.57. The standard InChI is InChI=1S/C21H26ClN3O3S/c1-2-29(27,28)25-13-11-24(12-14-25)16-17-7-9-18(10-8-17)21(26)23-15-19-5-3-4-6-20(19)22/h3-10H,2,11-16H2,1H3,(H,23,26). The number of rotatable bonds is 7. The highest BCUT2D eigenvalue weighted by Gasteiger charge is 2.25. The van der Waals surface area contributed by atoms with Gasteiger partial charge in [0.2, 0.25) is 10.0 Å². The predicted octanol–water partition coefficient (Wildman–Crippen LogP) is 2.74. The summed E-state index contributed by atoms with van der Waals surface area (Å²) >= 11 is 6.12. The van der Waals surface area contributed by atoms with Gasteiger partial charge in [-0.1, -0.05) is 41.9 Å². The van der Waals surface area contributed by atoms with Crippen LogP contribution in [0.4, 0.5) is 0 Å². The molecular weight excluding hydrogens is 410 g/mol. The first-order valence-corrected chi connectivity index (χ1v) is 11.7. The number of nitrogens with one attached hydrogen (secondary N) is 1. The second-order valence-electron chi connectivity index (χ2n) is 7.05. The molecule has 0 aromatic heterocycles. The molecule has 1 aliphatic heterocycles. The summed E-state index contributed by atoms with van der Waals surface area (Å²) in [5.74, 6) is 0.00219. The van der Waals surface area contributed by atoms with E-state index in [9.17, 15) is 13.2 Å². The van der Waals surface area contributed by atoms with Crippen LogP contribution in [-0.2, 0) is 23.1 Å². The van der Waals surface area contributed by atoms with Gasteiger partial charge in [0.15, 0.2) is 0 Å². The van der Waals surface area contributed by atoms with Crippen molar-refractivity contribution >= 4 is 27.5 Å². The molecule has 0 aliphatic carbocycles. The Morgan fingerprint density at radius 1 is 1.03 bits per heavy atom. The number of halogens is 1. The summed E-state index contributed by atoms with van der Waals surface area (Å²) in [6, 6.07) is 14.9. The lowest BCUT2D eigenvalue weighted by molar-refractivity contribution is 0.0951. The molecule has 0 unspecified atom stereocenters. The lowest BCUT2D eigenvalue weighted by Gasteiger charge is -2.33. The average Bonchev–Trinajstić information content (AvgIpc) is 2.74. The van der Waals surface area contributed by atoms with Crippen molar-refractivity contribution < 1.29 is 13.2 Å². The molecule has 0 saturated carbocycles. The highest BCUT2D eigenvalue weighted by molar-refractivity contribution is 7.89. The van der Waals surface area contributed by atoms with E-state index >= 15 is 0 Å². The monoisotopic (exact) mass is 435 g/mol. The van der Waals surface area contributed by atoms with Crippen LogP contribution in [-0.4, -0.2) is 55.5 Å². The molecule has 2 aromatic rings. The largest absolute Gasteiger partial charge is 0.348 e. The number of carbonyl (C=O) groups excluding carboxylic acids is 1. The Balaban J connectivity index is 1.50. The van der Waals surface area contributed by atoms with Crippen molar-refractivity contribution in [3.63, 3.8) is 0 Å². The van der Waals surface area contributed by atoms with E-state index in [1.807, 2.05) is 42.5 Å². The second-order valence-corrected chi connectivity index (χ2v) is 9.71. The van der Waals surface area contributed by atoms with Crippen molar-refractivity contribution in [1.82, 2.24) is 14.5 Å². The van der Waals surface area contributed by atoms with Crippen molar-refractivity contribution in [2.24, 2.45) is 0 Å². The van der Waals surface area contributed by atoms with E-state index in [0.29, 0.717) is 43.3 Å². The molecule has 1 heterocycles. The highest BCUT2D eigenvalue weighted by atomic mass is 35.5. The Kier molecular flexibility index (Phi) is 7.29. The van der Waals surface area contributed by atoms with Crippen LogP contribution in [0, 0.1) is 0 Å². The maximum absolute atomic E-state index is 12.4. The van der Waals surface area contributed by atoms with Gasteiger partial charge in [0.05, 0.1) is 5.75 Å². The van der Waals surface area contributed by atoms with Crippen LogP contribution in [0.5, 0.6) is 0 Å². The molecule has 1 amide bonds. The molecule has 1 N–H and O–H groups in total. The number of hydrogen-bond donors (Lipinski definition) is 1. The Labute approximate surface area is 177 Å². The van der Waals surface area contributed by atoms with Crippen molar-refractivity contribution in [3.05, 3.63) is 70.2 Å². The van der Waals surface area contributed by atoms with Gasteiger partial charge in [0.1, 0.15) is 0 Å². The van der Waals surface area contributed by atoms with Crippen molar-refractivity contribution in [2.45, 2.75) is 20.0 Å². The van der Waals surface area contributed by atoms with Gasteiger partial charge in [-0.2, -0.15) is 4.31 Å². The van der Waals surface area contributed by atoms with E-state index in [-0.39, 0.29) is 11.7 Å². The van der Waals surface area contributed by atoms with E-state index < -0.39 is 10.0 Å². The Bertz CT molecular complexity index is 940. The second kappa shape index (κ2) is 9.71. The number of carbonyl (C=O) groups is 1. The van der Waals surface area contributed by atoms with Gasteiger partial charge < -0.3 is 5.32 Å². The Morgan fingerprint density at radius 3 is 2.31 bits per heavy atom. The molecule has 29 heavy (non-hydrogen) atoms. The fourth-order valence-corrected chi connectivity index (χ4v) is 4.57. The fraction of sp³-hybridized carbons (Fsp3) is 0.381. The summed E-state index contributed by atoms with van der Waals surface area (Å²) in [4.78, 5) is 14.6. The van der Waals surface area contributed by atoms with E-state index in [1.54, 1.807) is 17.3 Å². The average molecular weight is 436 g/mol. The number of piperazine rings is 1. The van der Waals surface area contributed by atoms with Crippen LogP contribution in [0.15, 0.2) is 48.5 Å². The van der Waals surface area contributed by atoms with Crippen molar-refractivity contribution in [3.8, 4) is 0 Å². The molecule has 156 valence electrons. The number of hydrogen-bond acceptors (Lipinski definition) is 4. The molecule has 6 nitrogen and oxygen atoms in total. The minimum absolute atomic E-state index is 0.144. The summed E-state index contributed by atoms with van der Waals surface area (Å²) in [6.45, 7) is 5.26. The van der Waals surface area contributed by atoms with Gasteiger partial charge in [-0.15, -0.1) is 0 Å². The first kappa shape index (κ1) is 21.8. The van der Waals surface area contributed by atoms with Crippen molar-refractivity contribution in [2.75, 3.05) is 31.9 Å². The molecule has 1 saturated heterocycles. The summed E-state index contributed by atoms with van der Waals surface area (Å²) < 4.78 is 25.5. The predicted molar refractivity (Wildman–Crippen MR) is 115 cm³/mol. The zero-order chi connectivity index (χ0) is 20.9. The molecule has 0 atom stereocenters. The molecule has 1 aliphatic rings. The maximum Gasteiger partial charge on any atom is 0.251 e. The molecule has 3 rings (SSSR count). The lowest BCUT2D eigenvalue weighted by atomic mass is 10.1. The third kappa shape index (κ3) is 5.79. The minimum Gasteiger partial charge on any atom is -0.348 e. The zero-order valence-corrected chi connectivity index (χ0v) is 18.0. The summed E-state index contributed by atoms with van der Waals surface area (Å²) in [5, 5.41) is 3.52. The van der Waals surface area contributed by atoms with Gasteiger partial charge in [0.25, 0.3) is 5.91 Å². The van der Waals surface area contributed by atoms with Gasteiger partial charge in [-0.05, 0) is 36.2 Å². The SMILES string of the molecule is CCS(=O)(=O)N1CCN(Cc2ccc(C(=O)NCc3ccccc3Cl)cc2)CC1. The number of nitrogens with zero attached hydrogens (tertiary/aromatic N) is 2. The van der Waals surface area contributed by atoms with Gasteiger partial charge in [-0.25, -0.2) is 8.42 Å². The topological polar surface area (TPSA) is 69.7 Å². The number of benzene rings is 2. The van der Waals surface area contributed by atoms with Gasteiger partial charge in [-0.3, -0.25) is 9.69 Å². The Hall–Kier alpha value is -1.93. The van der Waals surface area contributed by atoms with Gasteiger partial charge in [0, 0.05) is 49.9 Å². The van der Waals surface area contributed by atoms with Crippen LogP contribution in [0.2, 0.25) is 5.02 Å². The molecule has 1 fully saturated rings. The molecule has 0 radical (unpaired) electrons. The van der Waals surface area contributed by atoms with Gasteiger partial charge >= 0.3 is 0 Å². The molecule has 0 spiro atoms. The van der Waals surface area contributed by atoms with Crippen molar-refractivity contribution in [1.29, 1.82) is 0 Å².